The Morgan fingerprint density at radius 2 is 2.19 bits per heavy atom. The van der Waals surface area contributed by atoms with Crippen molar-refractivity contribution in [1.82, 2.24) is 10.2 Å². The smallest absolute Gasteiger partial charge is 0.387 e. The van der Waals surface area contributed by atoms with Crippen LogP contribution in [0.1, 0.15) is 37.8 Å². The minimum absolute atomic E-state index is 0.199. The highest BCUT2D eigenvalue weighted by atomic mass is 19.3. The van der Waals surface area contributed by atoms with Gasteiger partial charge < -0.3 is 10.1 Å². The minimum atomic E-state index is -2.78. The van der Waals surface area contributed by atoms with Crippen molar-refractivity contribution in [2.75, 3.05) is 20.1 Å². The summed E-state index contributed by atoms with van der Waals surface area (Å²) in [6.45, 7) is 1.36. The van der Waals surface area contributed by atoms with Crippen molar-refractivity contribution in [3.05, 3.63) is 29.8 Å². The lowest BCUT2D eigenvalue weighted by Crippen LogP contribution is -2.45. The third kappa shape index (κ3) is 4.38. The summed E-state index contributed by atoms with van der Waals surface area (Å²) in [5, 5.41) is 3.25. The molecule has 118 valence electrons. The standard InChI is InChI=1S/C16H24F2N2O/c1-12(20-9-4-3-7-14(20)11-19-2)13-6-5-8-15(10-13)21-16(17)18/h5-6,8,10,12,14,16,19H,3-4,7,9,11H2,1-2H3. The maximum atomic E-state index is 12.3. The summed E-state index contributed by atoms with van der Waals surface area (Å²) in [6, 6.07) is 7.75. The Labute approximate surface area is 125 Å². The van der Waals surface area contributed by atoms with Crippen LogP contribution >= 0.6 is 0 Å². The number of likely N-dealkylation sites (N-methyl/N-ethyl adjacent to an activating group) is 1. The van der Waals surface area contributed by atoms with Crippen molar-refractivity contribution in [2.24, 2.45) is 0 Å². The number of rotatable bonds is 6. The molecule has 2 rings (SSSR count). The van der Waals surface area contributed by atoms with E-state index in [-0.39, 0.29) is 11.8 Å². The summed E-state index contributed by atoms with van der Waals surface area (Å²) >= 11 is 0. The molecule has 0 spiro atoms. The highest BCUT2D eigenvalue weighted by molar-refractivity contribution is 5.30. The van der Waals surface area contributed by atoms with Gasteiger partial charge in [0.1, 0.15) is 5.75 Å². The van der Waals surface area contributed by atoms with Crippen LogP contribution < -0.4 is 10.1 Å². The molecule has 21 heavy (non-hydrogen) atoms. The van der Waals surface area contributed by atoms with Crippen LogP contribution in [0.25, 0.3) is 0 Å². The first-order valence-corrected chi connectivity index (χ1v) is 7.57. The molecule has 1 aromatic rings. The van der Waals surface area contributed by atoms with E-state index >= 15 is 0 Å². The van der Waals surface area contributed by atoms with E-state index in [9.17, 15) is 8.78 Å². The van der Waals surface area contributed by atoms with Gasteiger partial charge in [-0.05, 0) is 51.1 Å². The van der Waals surface area contributed by atoms with Crippen LogP contribution in [0.5, 0.6) is 5.75 Å². The summed E-state index contributed by atoms with van der Waals surface area (Å²) in [5.74, 6) is 0.233. The summed E-state index contributed by atoms with van der Waals surface area (Å²) in [6.07, 6.45) is 3.63. The fourth-order valence-corrected chi connectivity index (χ4v) is 3.13. The Balaban J connectivity index is 2.11. The predicted molar refractivity (Wildman–Crippen MR) is 79.8 cm³/mol. The van der Waals surface area contributed by atoms with Crippen LogP contribution in [0.4, 0.5) is 8.78 Å². The molecule has 0 aromatic heterocycles. The van der Waals surface area contributed by atoms with Gasteiger partial charge in [-0.1, -0.05) is 18.6 Å². The second-order valence-corrected chi connectivity index (χ2v) is 5.57. The molecule has 0 radical (unpaired) electrons. The monoisotopic (exact) mass is 298 g/mol. The van der Waals surface area contributed by atoms with Crippen molar-refractivity contribution in [3.63, 3.8) is 0 Å². The molecule has 3 nitrogen and oxygen atoms in total. The molecule has 1 aromatic carbocycles. The number of ether oxygens (including phenoxy) is 1. The third-order valence-corrected chi connectivity index (χ3v) is 4.18. The molecular formula is C16H24F2N2O. The highest BCUT2D eigenvalue weighted by Crippen LogP contribution is 2.30. The van der Waals surface area contributed by atoms with Gasteiger partial charge in [0.2, 0.25) is 0 Å². The van der Waals surface area contributed by atoms with Crippen LogP contribution in [0.2, 0.25) is 0 Å². The number of halogens is 2. The van der Waals surface area contributed by atoms with Gasteiger partial charge in [-0.3, -0.25) is 4.90 Å². The summed E-state index contributed by atoms with van der Waals surface area (Å²) in [4.78, 5) is 2.46. The number of hydrogen-bond acceptors (Lipinski definition) is 3. The summed E-state index contributed by atoms with van der Waals surface area (Å²) in [5.41, 5.74) is 1.02. The molecule has 0 bridgehead atoms. The lowest BCUT2D eigenvalue weighted by atomic mass is 9.97. The lowest BCUT2D eigenvalue weighted by molar-refractivity contribution is -0.0499. The molecule has 1 saturated heterocycles. The van der Waals surface area contributed by atoms with E-state index in [1.807, 2.05) is 13.1 Å². The fourth-order valence-electron chi connectivity index (χ4n) is 3.13. The van der Waals surface area contributed by atoms with Crippen molar-refractivity contribution in [1.29, 1.82) is 0 Å². The number of hydrogen-bond donors (Lipinski definition) is 1. The molecule has 1 heterocycles. The van der Waals surface area contributed by atoms with Gasteiger partial charge in [0, 0.05) is 18.6 Å². The zero-order valence-electron chi connectivity index (χ0n) is 12.7. The normalized spacial score (nSPS) is 21.5. The Kier molecular flexibility index (Phi) is 5.94. The van der Waals surface area contributed by atoms with E-state index < -0.39 is 6.61 Å². The van der Waals surface area contributed by atoms with Crippen molar-refractivity contribution >= 4 is 0 Å². The second-order valence-electron chi connectivity index (χ2n) is 5.57. The van der Waals surface area contributed by atoms with Crippen LogP contribution in [0.15, 0.2) is 24.3 Å². The number of likely N-dealkylation sites (tertiary alicyclic amines) is 1. The quantitative estimate of drug-likeness (QED) is 0.871. The molecular weight excluding hydrogens is 274 g/mol. The van der Waals surface area contributed by atoms with Crippen LogP contribution in [-0.4, -0.2) is 37.7 Å². The first-order valence-electron chi connectivity index (χ1n) is 7.57. The van der Waals surface area contributed by atoms with E-state index in [0.717, 1.165) is 18.7 Å². The first-order chi connectivity index (χ1) is 10.1. The van der Waals surface area contributed by atoms with Crippen molar-refractivity contribution in [3.8, 4) is 5.75 Å². The molecule has 1 N–H and O–H groups in total. The van der Waals surface area contributed by atoms with E-state index in [1.165, 1.54) is 19.3 Å². The number of nitrogens with zero attached hydrogens (tertiary/aromatic N) is 1. The van der Waals surface area contributed by atoms with E-state index in [4.69, 9.17) is 0 Å². The summed E-state index contributed by atoms with van der Waals surface area (Å²) < 4.78 is 29.2. The van der Waals surface area contributed by atoms with Gasteiger partial charge in [0.25, 0.3) is 0 Å². The maximum absolute atomic E-state index is 12.3. The zero-order valence-corrected chi connectivity index (χ0v) is 12.7. The number of piperidine rings is 1. The average Bonchev–Trinajstić information content (AvgIpc) is 2.47. The van der Waals surface area contributed by atoms with E-state index in [2.05, 4.69) is 21.9 Å². The number of nitrogens with one attached hydrogen (secondary N) is 1. The molecule has 0 amide bonds. The Morgan fingerprint density at radius 3 is 2.90 bits per heavy atom. The molecule has 2 atom stereocenters. The molecule has 1 aliphatic heterocycles. The topological polar surface area (TPSA) is 24.5 Å². The van der Waals surface area contributed by atoms with Crippen LogP contribution in [0.3, 0.4) is 0 Å². The van der Waals surface area contributed by atoms with Crippen LogP contribution in [0, 0.1) is 0 Å². The number of benzene rings is 1. The Bertz CT molecular complexity index is 440. The summed E-state index contributed by atoms with van der Waals surface area (Å²) in [7, 11) is 1.97. The molecule has 5 heteroatoms. The van der Waals surface area contributed by atoms with Gasteiger partial charge in [-0.25, -0.2) is 0 Å². The highest BCUT2D eigenvalue weighted by Gasteiger charge is 2.26. The zero-order chi connectivity index (χ0) is 15.2. The molecule has 1 aliphatic rings. The van der Waals surface area contributed by atoms with Gasteiger partial charge >= 0.3 is 6.61 Å². The largest absolute Gasteiger partial charge is 0.435 e. The van der Waals surface area contributed by atoms with Gasteiger partial charge in [0.05, 0.1) is 0 Å². The SMILES string of the molecule is CNCC1CCCCN1C(C)c1cccc(OC(F)F)c1. The first kappa shape index (κ1) is 16.2. The predicted octanol–water partition coefficient (Wildman–Crippen LogP) is 3.42. The molecule has 2 unspecified atom stereocenters. The second kappa shape index (κ2) is 7.71. The number of alkyl halides is 2. The maximum Gasteiger partial charge on any atom is 0.387 e. The Morgan fingerprint density at radius 1 is 1.38 bits per heavy atom. The van der Waals surface area contributed by atoms with Gasteiger partial charge in [0.15, 0.2) is 0 Å². The third-order valence-electron chi connectivity index (χ3n) is 4.18. The van der Waals surface area contributed by atoms with E-state index in [0.29, 0.717) is 6.04 Å². The minimum Gasteiger partial charge on any atom is -0.435 e. The molecule has 0 saturated carbocycles. The van der Waals surface area contributed by atoms with Crippen molar-refractivity contribution in [2.45, 2.75) is 44.9 Å². The molecule has 1 fully saturated rings. The van der Waals surface area contributed by atoms with Crippen molar-refractivity contribution < 1.29 is 13.5 Å². The molecule has 0 aliphatic carbocycles. The average molecular weight is 298 g/mol. The fraction of sp³-hybridized carbons (Fsp3) is 0.625. The van der Waals surface area contributed by atoms with Gasteiger partial charge in [-0.2, -0.15) is 8.78 Å². The lowest BCUT2D eigenvalue weighted by Gasteiger charge is -2.40. The van der Waals surface area contributed by atoms with E-state index in [1.54, 1.807) is 18.2 Å². The van der Waals surface area contributed by atoms with Gasteiger partial charge in [-0.15, -0.1) is 0 Å². The van der Waals surface area contributed by atoms with Crippen LogP contribution in [-0.2, 0) is 0 Å². The Hall–Kier alpha value is -1.20.